The first-order valence-electron chi connectivity index (χ1n) is 8.09. The van der Waals surface area contributed by atoms with Gasteiger partial charge in [0.15, 0.2) is 0 Å². The Morgan fingerprint density at radius 1 is 1.16 bits per heavy atom. The van der Waals surface area contributed by atoms with Gasteiger partial charge in [-0.15, -0.1) is 0 Å². The van der Waals surface area contributed by atoms with E-state index in [1.165, 1.54) is 80.8 Å². The van der Waals surface area contributed by atoms with Gasteiger partial charge in [0, 0.05) is 32.9 Å². The molecule has 2 heterocycles. The van der Waals surface area contributed by atoms with Crippen LogP contribution in [0.15, 0.2) is 0 Å². The average molecular weight is 270 g/mol. The molecular formula is C15H34N4+2. The zero-order valence-corrected chi connectivity index (χ0v) is 13.6. The van der Waals surface area contributed by atoms with E-state index in [1.807, 2.05) is 0 Å². The molecule has 2 unspecified atom stereocenters. The smallest absolute Gasteiger partial charge is 0.225 e. The minimum atomic E-state index is 1.17. The van der Waals surface area contributed by atoms with Gasteiger partial charge in [-0.25, -0.2) is 0 Å². The van der Waals surface area contributed by atoms with Crippen LogP contribution in [-0.2, 0) is 0 Å². The molecule has 2 fully saturated rings. The number of hydrogen-bond donors (Lipinski definition) is 0. The normalized spacial score (nSPS) is 36.5. The van der Waals surface area contributed by atoms with Crippen LogP contribution in [-0.4, -0.2) is 92.6 Å². The molecule has 1 spiro atoms. The molecule has 0 N–H and O–H groups in total. The van der Waals surface area contributed by atoms with Crippen molar-refractivity contribution in [3.8, 4) is 0 Å². The second-order valence-corrected chi connectivity index (χ2v) is 7.09. The largest absolute Gasteiger partial charge is 0.306 e. The van der Waals surface area contributed by atoms with Crippen LogP contribution in [0, 0.1) is 0 Å². The van der Waals surface area contributed by atoms with Crippen LogP contribution >= 0.6 is 0 Å². The van der Waals surface area contributed by atoms with Gasteiger partial charge < -0.3 is 4.90 Å². The van der Waals surface area contributed by atoms with Gasteiger partial charge in [-0.3, -0.25) is 4.48 Å². The molecule has 2 atom stereocenters. The van der Waals surface area contributed by atoms with Crippen LogP contribution in [0.2, 0.25) is 0 Å². The van der Waals surface area contributed by atoms with Gasteiger partial charge in [0.2, 0.25) is 6.67 Å². The minimum absolute atomic E-state index is 1.17. The fraction of sp³-hybridized carbons (Fsp3) is 1.00. The van der Waals surface area contributed by atoms with Gasteiger partial charge >= 0.3 is 0 Å². The maximum Gasteiger partial charge on any atom is 0.225 e. The van der Waals surface area contributed by atoms with Crippen molar-refractivity contribution >= 4 is 0 Å². The lowest BCUT2D eigenvalue weighted by Crippen LogP contribution is -2.69. The zero-order chi connectivity index (χ0) is 13.9. The average Bonchev–Trinajstić information content (AvgIpc) is 2.70. The lowest BCUT2D eigenvalue weighted by Gasteiger charge is -2.49. The second kappa shape index (κ2) is 6.08. The molecule has 2 rings (SSSR count). The Kier molecular flexibility index (Phi) is 4.88. The highest BCUT2D eigenvalue weighted by atomic mass is 15.8. The monoisotopic (exact) mass is 270 g/mol. The molecule has 0 bridgehead atoms. The summed E-state index contributed by atoms with van der Waals surface area (Å²) in [5.74, 6) is 0. The van der Waals surface area contributed by atoms with Crippen molar-refractivity contribution in [1.29, 1.82) is 0 Å². The Labute approximate surface area is 119 Å². The number of rotatable bonds is 5. The van der Waals surface area contributed by atoms with E-state index in [9.17, 15) is 0 Å². The molecule has 2 aliphatic heterocycles. The Morgan fingerprint density at radius 3 is 2.53 bits per heavy atom. The summed E-state index contributed by atoms with van der Waals surface area (Å²) in [5.41, 5.74) is 0. The molecule has 0 amide bonds. The highest BCUT2D eigenvalue weighted by Gasteiger charge is 2.47. The molecular weight excluding hydrogens is 236 g/mol. The molecule has 0 aromatic carbocycles. The van der Waals surface area contributed by atoms with Crippen molar-refractivity contribution in [2.75, 3.05) is 73.6 Å². The molecule has 19 heavy (non-hydrogen) atoms. The third kappa shape index (κ3) is 3.48. The van der Waals surface area contributed by atoms with E-state index < -0.39 is 0 Å². The highest BCUT2D eigenvalue weighted by Crippen LogP contribution is 2.28. The highest BCUT2D eigenvalue weighted by molar-refractivity contribution is 4.57. The Bertz CT molecular complexity index is 296. The summed E-state index contributed by atoms with van der Waals surface area (Å²) in [6, 6.07) is 0. The van der Waals surface area contributed by atoms with Crippen molar-refractivity contribution < 1.29 is 9.08 Å². The van der Waals surface area contributed by atoms with E-state index in [1.54, 1.807) is 0 Å². The Morgan fingerprint density at radius 2 is 1.89 bits per heavy atom. The summed E-state index contributed by atoms with van der Waals surface area (Å²) in [4.78, 5) is 2.43. The molecule has 2 saturated heterocycles. The first-order chi connectivity index (χ1) is 9.00. The third-order valence-corrected chi connectivity index (χ3v) is 5.43. The van der Waals surface area contributed by atoms with Crippen molar-refractivity contribution in [3.05, 3.63) is 0 Å². The molecule has 2 aliphatic rings. The quantitative estimate of drug-likeness (QED) is 0.693. The van der Waals surface area contributed by atoms with Crippen LogP contribution in [0.25, 0.3) is 0 Å². The Balaban J connectivity index is 1.88. The van der Waals surface area contributed by atoms with Crippen LogP contribution in [0.1, 0.15) is 26.2 Å². The standard InChI is InChI=1S/C15H34N4/c1-5-16(2)9-6-11-18(4)12-8-14-19(15-18)13-7-10-17(19)3/h5-15H2,1-4H3/q+2. The molecule has 4 nitrogen and oxygen atoms in total. The molecule has 0 aromatic heterocycles. The van der Waals surface area contributed by atoms with E-state index in [2.05, 4.69) is 38.0 Å². The maximum atomic E-state index is 2.60. The summed E-state index contributed by atoms with van der Waals surface area (Å²) in [6.07, 6.45) is 4.12. The molecule has 0 aliphatic carbocycles. The molecule has 0 saturated carbocycles. The van der Waals surface area contributed by atoms with Crippen LogP contribution in [0.5, 0.6) is 0 Å². The predicted molar refractivity (Wildman–Crippen MR) is 80.4 cm³/mol. The van der Waals surface area contributed by atoms with E-state index in [4.69, 9.17) is 0 Å². The SMILES string of the molecule is CCN(C)CCC[N+]1(C)CCC[N+]2(CCCN2C)C1. The van der Waals surface area contributed by atoms with Crippen molar-refractivity contribution in [3.63, 3.8) is 0 Å². The molecule has 4 heteroatoms. The summed E-state index contributed by atoms with van der Waals surface area (Å²) in [6.45, 7) is 12.8. The van der Waals surface area contributed by atoms with E-state index in [-0.39, 0.29) is 0 Å². The summed E-state index contributed by atoms with van der Waals surface area (Å²) >= 11 is 0. The summed E-state index contributed by atoms with van der Waals surface area (Å²) in [5, 5.41) is 2.60. The van der Waals surface area contributed by atoms with Crippen LogP contribution < -0.4 is 0 Å². The second-order valence-electron chi connectivity index (χ2n) is 7.09. The van der Waals surface area contributed by atoms with Crippen molar-refractivity contribution in [1.82, 2.24) is 9.91 Å². The fourth-order valence-corrected chi connectivity index (χ4v) is 4.02. The third-order valence-electron chi connectivity index (χ3n) is 5.43. The van der Waals surface area contributed by atoms with Gasteiger partial charge in [0.05, 0.1) is 26.7 Å². The minimum Gasteiger partial charge on any atom is -0.306 e. The fourth-order valence-electron chi connectivity index (χ4n) is 4.02. The van der Waals surface area contributed by atoms with Crippen LogP contribution in [0.4, 0.5) is 0 Å². The molecule has 112 valence electrons. The number of hydrogen-bond acceptors (Lipinski definition) is 2. The first-order valence-corrected chi connectivity index (χ1v) is 8.09. The Hall–Kier alpha value is -0.160. The van der Waals surface area contributed by atoms with Crippen LogP contribution in [0.3, 0.4) is 0 Å². The van der Waals surface area contributed by atoms with E-state index in [0.717, 1.165) is 0 Å². The van der Waals surface area contributed by atoms with Gasteiger partial charge in [0.25, 0.3) is 0 Å². The van der Waals surface area contributed by atoms with Gasteiger partial charge in [-0.1, -0.05) is 6.92 Å². The first kappa shape index (κ1) is 15.2. The van der Waals surface area contributed by atoms with Gasteiger partial charge in [-0.05, 0) is 13.6 Å². The van der Waals surface area contributed by atoms with Crippen molar-refractivity contribution in [2.45, 2.75) is 26.2 Å². The topological polar surface area (TPSA) is 6.48 Å². The van der Waals surface area contributed by atoms with E-state index in [0.29, 0.717) is 0 Å². The predicted octanol–water partition coefficient (Wildman–Crippen LogP) is 1.20. The summed E-state index contributed by atoms with van der Waals surface area (Å²) in [7, 11) is 7.04. The molecule has 0 radical (unpaired) electrons. The zero-order valence-electron chi connectivity index (χ0n) is 13.6. The lowest BCUT2D eigenvalue weighted by molar-refractivity contribution is -1.15. The summed E-state index contributed by atoms with van der Waals surface area (Å²) < 4.78 is 2.54. The lowest BCUT2D eigenvalue weighted by atomic mass is 10.2. The van der Waals surface area contributed by atoms with E-state index >= 15 is 0 Å². The van der Waals surface area contributed by atoms with Crippen molar-refractivity contribution in [2.24, 2.45) is 0 Å². The molecule has 0 aromatic rings. The maximum absolute atomic E-state index is 2.60. The van der Waals surface area contributed by atoms with Gasteiger partial charge in [0.1, 0.15) is 13.1 Å². The number of quaternary nitrogens is 2. The van der Waals surface area contributed by atoms with Gasteiger partial charge in [-0.2, -0.15) is 9.60 Å². The number of nitrogens with zero attached hydrogens (tertiary/aromatic N) is 4.